The van der Waals surface area contributed by atoms with Crippen LogP contribution in [0.25, 0.3) is 126 Å². The lowest BCUT2D eigenvalue weighted by Gasteiger charge is -2.12. The van der Waals surface area contributed by atoms with E-state index in [2.05, 4.69) is 157 Å². The van der Waals surface area contributed by atoms with Gasteiger partial charge in [0.2, 0.25) is 11.9 Å². The van der Waals surface area contributed by atoms with E-state index in [1.54, 1.807) is 11.3 Å². The summed E-state index contributed by atoms with van der Waals surface area (Å²) in [5.41, 5.74) is 10.2. The molecule has 0 atom stereocenters. The van der Waals surface area contributed by atoms with Gasteiger partial charge in [0.05, 0.1) is 43.5 Å². The summed E-state index contributed by atoms with van der Waals surface area (Å²) >= 11 is 1.78. The van der Waals surface area contributed by atoms with Gasteiger partial charge in [0.1, 0.15) is 0 Å². The van der Waals surface area contributed by atoms with Crippen molar-refractivity contribution in [1.82, 2.24) is 43.6 Å². The van der Waals surface area contributed by atoms with E-state index in [1.165, 1.54) is 37.3 Å². The molecule has 0 N–H and O–H groups in total. The highest BCUT2D eigenvalue weighted by Gasteiger charge is 2.21. The summed E-state index contributed by atoms with van der Waals surface area (Å²) < 4.78 is 8.98. The first-order valence-corrected chi connectivity index (χ1v) is 21.9. The fraction of sp³-hybridized carbons (Fsp3) is 0. The molecule has 0 aliphatic heterocycles. The van der Waals surface area contributed by atoms with Gasteiger partial charge in [-0.2, -0.15) is 15.0 Å². The predicted molar refractivity (Wildman–Crippen MR) is 260 cm³/mol. The van der Waals surface area contributed by atoms with Gasteiger partial charge in [0.25, 0.3) is 0 Å². The van der Waals surface area contributed by atoms with Crippen LogP contribution < -0.4 is 0 Å². The summed E-state index contributed by atoms with van der Waals surface area (Å²) in [4.78, 5) is 29.7. The molecule has 8 heterocycles. The van der Waals surface area contributed by atoms with E-state index in [0.717, 1.165) is 70.8 Å². The van der Waals surface area contributed by atoms with E-state index >= 15 is 0 Å². The summed E-state index contributed by atoms with van der Waals surface area (Å²) in [6, 6.07) is 55.4. The van der Waals surface area contributed by atoms with Gasteiger partial charge in [-0.25, -0.2) is 0 Å². The molecular weight excluding hydrogens is 807 g/mol. The molecule has 0 radical (unpaired) electrons. The van der Waals surface area contributed by atoms with Crippen molar-refractivity contribution in [2.24, 2.45) is 0 Å². The van der Waals surface area contributed by atoms with Crippen molar-refractivity contribution in [3.8, 4) is 40.2 Å². The lowest BCUT2D eigenvalue weighted by atomic mass is 10.1. The van der Waals surface area contributed by atoms with Gasteiger partial charge in [-0.1, -0.05) is 97.1 Å². The predicted octanol–water partition coefficient (Wildman–Crippen LogP) is 13.0. The number of pyridine rings is 3. The third-order valence-corrected chi connectivity index (χ3v) is 13.8. The molecule has 9 nitrogen and oxygen atoms in total. The molecule has 6 aromatic carbocycles. The highest BCUT2D eigenvalue weighted by molar-refractivity contribution is 7.26. The number of para-hydroxylation sites is 4. The maximum absolute atomic E-state index is 5.27. The van der Waals surface area contributed by atoms with Gasteiger partial charge in [0, 0.05) is 95.6 Å². The average Bonchev–Trinajstić information content (AvgIpc) is 4.10. The normalized spacial score (nSPS) is 12.1. The number of aromatic nitrogens is 9. The molecule has 0 amide bonds. The molecule has 14 rings (SSSR count). The number of hydrogen-bond acceptors (Lipinski definition) is 7. The molecule has 0 saturated carbocycles. The van der Waals surface area contributed by atoms with E-state index in [0.29, 0.717) is 17.7 Å². The summed E-state index contributed by atoms with van der Waals surface area (Å²) in [5, 5.41) is 9.11. The van der Waals surface area contributed by atoms with Crippen LogP contribution in [-0.4, -0.2) is 43.6 Å². The average molecular weight is 838 g/mol. The van der Waals surface area contributed by atoms with Crippen molar-refractivity contribution in [2.75, 3.05) is 0 Å². The van der Waals surface area contributed by atoms with Crippen LogP contribution in [-0.2, 0) is 0 Å². The first-order valence-electron chi connectivity index (χ1n) is 21.1. The van der Waals surface area contributed by atoms with Gasteiger partial charge in [-0.15, -0.1) is 11.3 Å². The van der Waals surface area contributed by atoms with Gasteiger partial charge < -0.3 is 4.57 Å². The van der Waals surface area contributed by atoms with Crippen molar-refractivity contribution in [2.45, 2.75) is 0 Å². The van der Waals surface area contributed by atoms with Crippen molar-refractivity contribution >= 4 is 96.9 Å². The lowest BCUT2D eigenvalue weighted by molar-refractivity contribution is 0.892. The van der Waals surface area contributed by atoms with Crippen molar-refractivity contribution in [3.05, 3.63) is 189 Å². The monoisotopic (exact) mass is 837 g/mol. The summed E-state index contributed by atoms with van der Waals surface area (Å²) in [6.45, 7) is 0. The molecule has 0 unspecified atom stereocenters. The second-order valence-corrected chi connectivity index (χ2v) is 17.1. The van der Waals surface area contributed by atoms with Crippen LogP contribution in [0.2, 0.25) is 0 Å². The Morgan fingerprint density at radius 2 is 0.875 bits per heavy atom. The number of hydrogen-bond donors (Lipinski definition) is 0. The fourth-order valence-corrected chi connectivity index (χ4v) is 10.9. The van der Waals surface area contributed by atoms with Crippen LogP contribution in [0.4, 0.5) is 0 Å². The molecule has 0 saturated heterocycles. The maximum atomic E-state index is 5.27. The van der Waals surface area contributed by atoms with Crippen LogP contribution in [0.1, 0.15) is 0 Å². The largest absolute Gasteiger partial charge is 0.309 e. The third kappa shape index (κ3) is 5.05. The molecule has 298 valence electrons. The quantitative estimate of drug-likeness (QED) is 0.171. The minimum absolute atomic E-state index is 0.512. The van der Waals surface area contributed by atoms with Gasteiger partial charge in [-0.05, 0) is 60.7 Å². The zero-order chi connectivity index (χ0) is 41.9. The number of thiophene rings is 1. The van der Waals surface area contributed by atoms with E-state index in [-0.39, 0.29) is 0 Å². The Labute approximate surface area is 367 Å². The zero-order valence-electron chi connectivity index (χ0n) is 33.8. The minimum Gasteiger partial charge on any atom is -0.309 e. The highest BCUT2D eigenvalue weighted by atomic mass is 32.1. The summed E-state index contributed by atoms with van der Waals surface area (Å²) in [5.74, 6) is 1.58. The Hall–Kier alpha value is -8.60. The first-order chi connectivity index (χ1) is 31.7. The number of nitrogens with zero attached hydrogens (tertiary/aromatic N) is 9. The van der Waals surface area contributed by atoms with E-state index < -0.39 is 0 Å². The molecule has 0 aliphatic rings. The second-order valence-electron chi connectivity index (χ2n) is 16.0. The number of fused-ring (bicyclic) bond motifs is 12. The smallest absolute Gasteiger partial charge is 0.240 e. The minimum atomic E-state index is 0.512. The van der Waals surface area contributed by atoms with Crippen molar-refractivity contribution < 1.29 is 0 Å². The Morgan fingerprint density at radius 1 is 0.375 bits per heavy atom. The molecule has 64 heavy (non-hydrogen) atoms. The summed E-state index contributed by atoms with van der Waals surface area (Å²) in [7, 11) is 0. The van der Waals surface area contributed by atoms with E-state index in [9.17, 15) is 0 Å². The molecular formula is C54H31N9S. The first kappa shape index (κ1) is 35.0. The molecule has 10 heteroatoms. The van der Waals surface area contributed by atoms with Gasteiger partial charge in [-0.3, -0.25) is 24.1 Å². The molecule has 8 aromatic heterocycles. The Morgan fingerprint density at radius 3 is 1.45 bits per heavy atom. The number of rotatable bonds is 5. The maximum Gasteiger partial charge on any atom is 0.240 e. The lowest BCUT2D eigenvalue weighted by Crippen LogP contribution is -2.10. The molecule has 0 bridgehead atoms. The van der Waals surface area contributed by atoms with Crippen LogP contribution in [0.5, 0.6) is 0 Å². The van der Waals surface area contributed by atoms with Crippen LogP contribution in [0.3, 0.4) is 0 Å². The fourth-order valence-electron chi connectivity index (χ4n) is 9.76. The van der Waals surface area contributed by atoms with Crippen LogP contribution >= 0.6 is 11.3 Å². The Kier molecular flexibility index (Phi) is 7.36. The van der Waals surface area contributed by atoms with E-state index in [1.807, 2.05) is 55.2 Å². The van der Waals surface area contributed by atoms with Gasteiger partial charge in [0.15, 0.2) is 5.82 Å². The Balaban J connectivity index is 0.926. The molecule has 14 aromatic rings. The number of benzene rings is 6. The Bertz CT molecular complexity index is 3920. The van der Waals surface area contributed by atoms with Crippen molar-refractivity contribution in [1.29, 1.82) is 0 Å². The third-order valence-electron chi connectivity index (χ3n) is 12.6. The molecule has 0 fully saturated rings. The van der Waals surface area contributed by atoms with Crippen molar-refractivity contribution in [3.63, 3.8) is 0 Å². The molecule has 0 spiro atoms. The molecule has 0 aliphatic carbocycles. The van der Waals surface area contributed by atoms with Crippen LogP contribution in [0, 0.1) is 0 Å². The van der Waals surface area contributed by atoms with Crippen LogP contribution in [0.15, 0.2) is 189 Å². The van der Waals surface area contributed by atoms with E-state index in [4.69, 9.17) is 19.9 Å². The van der Waals surface area contributed by atoms with Gasteiger partial charge >= 0.3 is 0 Å². The highest BCUT2D eigenvalue weighted by Crippen LogP contribution is 2.42. The second kappa shape index (κ2) is 13.4. The standard InChI is InChI=1S/C54H31N9S/c1-5-13-43-35(9-1)36-10-2-6-14-44(36)61(43)34-21-22-49-40(29-34)39-23-28-57-50(51(39)64-49)32-17-19-33(20-18-32)52-58-53(62-45-15-7-3-11-37(45)41-30-55-26-24-47(41)62)60-54(59-52)63-46-16-8-4-12-38(46)42-31-56-27-25-48(42)63/h1-31H. The topological polar surface area (TPSA) is 92.1 Å². The SMILES string of the molecule is c1ccc2c(c1)c1ccccc1n2-c1ccc2sc3c(-c4ccc(-c5nc(-n6c7ccccc7c7cnccc76)nc(-n6c7ccccc7c7cnccc76)n5)cc4)nccc3c2c1. The summed E-state index contributed by atoms with van der Waals surface area (Å²) in [6.07, 6.45) is 9.37. The zero-order valence-corrected chi connectivity index (χ0v) is 34.6.